The highest BCUT2D eigenvalue weighted by atomic mass is 32.1. The Labute approximate surface area is 184 Å². The van der Waals surface area contributed by atoms with Gasteiger partial charge in [-0.3, -0.25) is 4.79 Å². The fourth-order valence-corrected chi connectivity index (χ4v) is 4.02. The number of hydrogen-bond donors (Lipinski definition) is 1. The summed E-state index contributed by atoms with van der Waals surface area (Å²) in [5.74, 6) is 1.40. The number of carbonyl (C=O) groups is 1. The van der Waals surface area contributed by atoms with E-state index in [2.05, 4.69) is 27.6 Å². The quantitative estimate of drug-likeness (QED) is 0.418. The minimum absolute atomic E-state index is 0.0926. The number of amides is 1. The van der Waals surface area contributed by atoms with E-state index in [1.165, 1.54) is 16.9 Å². The zero-order valence-electron chi connectivity index (χ0n) is 17.4. The first-order chi connectivity index (χ1) is 15.1. The first kappa shape index (κ1) is 20.8. The zero-order valence-corrected chi connectivity index (χ0v) is 18.2. The summed E-state index contributed by atoms with van der Waals surface area (Å²) in [6, 6.07) is 17.7. The fraction of sp³-hybridized carbons (Fsp3) is 0.208. The van der Waals surface area contributed by atoms with Crippen LogP contribution in [0.2, 0.25) is 0 Å². The van der Waals surface area contributed by atoms with Gasteiger partial charge >= 0.3 is 0 Å². The van der Waals surface area contributed by atoms with Gasteiger partial charge in [-0.2, -0.15) is 0 Å². The Balaban J connectivity index is 1.28. The van der Waals surface area contributed by atoms with Crippen molar-refractivity contribution in [3.63, 3.8) is 0 Å². The smallest absolute Gasteiger partial charge is 0.230 e. The molecule has 0 saturated carbocycles. The Morgan fingerprint density at radius 2 is 1.84 bits per heavy atom. The highest BCUT2D eigenvalue weighted by molar-refractivity contribution is 7.15. The molecule has 0 aliphatic heterocycles. The van der Waals surface area contributed by atoms with Crippen LogP contribution in [0.1, 0.15) is 33.0 Å². The van der Waals surface area contributed by atoms with Gasteiger partial charge in [-0.15, -0.1) is 11.3 Å². The van der Waals surface area contributed by atoms with Gasteiger partial charge in [0.1, 0.15) is 18.1 Å². The van der Waals surface area contributed by atoms with Crippen molar-refractivity contribution in [2.24, 2.45) is 0 Å². The second kappa shape index (κ2) is 9.57. The number of aromatic nitrogens is 2. The Morgan fingerprint density at radius 1 is 1.06 bits per heavy atom. The summed E-state index contributed by atoms with van der Waals surface area (Å²) in [7, 11) is 0. The number of rotatable bonds is 8. The third-order valence-corrected chi connectivity index (χ3v) is 5.79. The van der Waals surface area contributed by atoms with Crippen molar-refractivity contribution < 1.29 is 14.1 Å². The van der Waals surface area contributed by atoms with Crippen molar-refractivity contribution in [2.45, 2.75) is 33.3 Å². The summed E-state index contributed by atoms with van der Waals surface area (Å²) in [6.07, 6.45) is 2.90. The van der Waals surface area contributed by atoms with Crippen LogP contribution in [0.5, 0.6) is 5.75 Å². The topological polar surface area (TPSA) is 77.2 Å². The van der Waals surface area contributed by atoms with Crippen LogP contribution in [0.3, 0.4) is 0 Å². The molecular weight excluding hydrogens is 410 g/mol. The van der Waals surface area contributed by atoms with E-state index < -0.39 is 0 Å². The fourth-order valence-electron chi connectivity index (χ4n) is 3.16. The van der Waals surface area contributed by atoms with Crippen LogP contribution < -0.4 is 10.1 Å². The molecule has 0 aliphatic carbocycles. The summed E-state index contributed by atoms with van der Waals surface area (Å²) >= 11 is 1.50. The van der Waals surface area contributed by atoms with Crippen molar-refractivity contribution in [3.8, 4) is 5.75 Å². The van der Waals surface area contributed by atoms with Gasteiger partial charge in [0.15, 0.2) is 5.13 Å². The molecule has 158 valence electrons. The third-order valence-electron chi connectivity index (χ3n) is 4.87. The number of thiazole rings is 1. The number of ether oxygens (including phenoxy) is 1. The maximum Gasteiger partial charge on any atom is 0.230 e. The maximum absolute atomic E-state index is 12.4. The molecule has 4 rings (SSSR count). The summed E-state index contributed by atoms with van der Waals surface area (Å²) in [5.41, 5.74) is 3.92. The highest BCUT2D eigenvalue weighted by Crippen LogP contribution is 2.22. The van der Waals surface area contributed by atoms with E-state index in [1.807, 2.05) is 62.5 Å². The predicted molar refractivity (Wildman–Crippen MR) is 120 cm³/mol. The van der Waals surface area contributed by atoms with Gasteiger partial charge in [0.2, 0.25) is 5.91 Å². The molecule has 1 amide bonds. The van der Waals surface area contributed by atoms with Crippen LogP contribution >= 0.6 is 11.3 Å². The highest BCUT2D eigenvalue weighted by Gasteiger charge is 2.11. The van der Waals surface area contributed by atoms with Crippen molar-refractivity contribution in [1.29, 1.82) is 0 Å². The Morgan fingerprint density at radius 3 is 2.55 bits per heavy atom. The molecule has 1 N–H and O–H groups in total. The number of hydrogen-bond acceptors (Lipinski definition) is 6. The van der Waals surface area contributed by atoms with Crippen LogP contribution in [0.4, 0.5) is 5.13 Å². The molecule has 2 heterocycles. The maximum atomic E-state index is 12.4. The van der Waals surface area contributed by atoms with Gasteiger partial charge in [0, 0.05) is 17.5 Å². The molecule has 7 heteroatoms. The van der Waals surface area contributed by atoms with E-state index in [0.29, 0.717) is 11.7 Å². The largest absolute Gasteiger partial charge is 0.489 e. The second-order valence-corrected chi connectivity index (χ2v) is 8.37. The first-order valence-corrected chi connectivity index (χ1v) is 10.8. The SMILES string of the molecule is Cc1noc(C)c1COc1ccc(CC(=O)Nc2ncc(Cc3ccccc3)s2)cc1. The van der Waals surface area contributed by atoms with Crippen LogP contribution in [0, 0.1) is 13.8 Å². The van der Waals surface area contributed by atoms with E-state index in [4.69, 9.17) is 9.26 Å². The molecule has 0 aliphatic rings. The molecule has 2 aromatic heterocycles. The number of aryl methyl sites for hydroxylation is 2. The molecule has 0 saturated heterocycles. The van der Waals surface area contributed by atoms with Crippen molar-refractivity contribution in [3.05, 3.63) is 93.8 Å². The summed E-state index contributed by atoms with van der Waals surface area (Å²) in [4.78, 5) is 17.8. The average Bonchev–Trinajstić information content (AvgIpc) is 3.34. The lowest BCUT2D eigenvalue weighted by Gasteiger charge is -2.07. The van der Waals surface area contributed by atoms with E-state index in [-0.39, 0.29) is 12.3 Å². The third kappa shape index (κ3) is 5.58. The van der Waals surface area contributed by atoms with E-state index in [1.54, 1.807) is 0 Å². The standard InChI is InChI=1S/C24H23N3O3S/c1-16-22(17(2)30-27-16)15-29-20-10-8-19(9-11-20)13-23(28)26-24-25-14-21(31-24)12-18-6-4-3-5-7-18/h3-11,14H,12-13,15H2,1-2H3,(H,25,26,28). The van der Waals surface area contributed by atoms with Crippen molar-refractivity contribution >= 4 is 22.4 Å². The predicted octanol–water partition coefficient (Wildman–Crippen LogP) is 5.10. The molecule has 2 aromatic carbocycles. The molecule has 31 heavy (non-hydrogen) atoms. The van der Waals surface area contributed by atoms with Crippen LogP contribution in [0.15, 0.2) is 65.3 Å². The molecule has 0 unspecified atom stereocenters. The van der Waals surface area contributed by atoms with Crippen molar-refractivity contribution in [1.82, 2.24) is 10.1 Å². The minimum atomic E-state index is -0.0926. The Hall–Kier alpha value is -3.45. The Kier molecular flexibility index (Phi) is 6.43. The molecule has 0 bridgehead atoms. The van der Waals surface area contributed by atoms with E-state index in [0.717, 1.165) is 39.6 Å². The van der Waals surface area contributed by atoms with Crippen LogP contribution in [0.25, 0.3) is 0 Å². The molecule has 0 atom stereocenters. The van der Waals surface area contributed by atoms with E-state index in [9.17, 15) is 4.79 Å². The average molecular weight is 434 g/mol. The summed E-state index contributed by atoms with van der Waals surface area (Å²) in [6.45, 7) is 4.16. The normalized spacial score (nSPS) is 10.8. The van der Waals surface area contributed by atoms with Gasteiger partial charge < -0.3 is 14.6 Å². The number of nitrogens with zero attached hydrogens (tertiary/aromatic N) is 2. The monoisotopic (exact) mass is 433 g/mol. The molecule has 0 fully saturated rings. The lowest BCUT2D eigenvalue weighted by Crippen LogP contribution is -2.14. The molecular formula is C24H23N3O3S. The van der Waals surface area contributed by atoms with Gasteiger partial charge in [0.05, 0.1) is 17.7 Å². The van der Waals surface area contributed by atoms with Crippen LogP contribution in [-0.4, -0.2) is 16.0 Å². The number of nitrogens with one attached hydrogen (secondary N) is 1. The number of anilines is 1. The lowest BCUT2D eigenvalue weighted by molar-refractivity contribution is -0.115. The van der Waals surface area contributed by atoms with Gasteiger partial charge in [-0.1, -0.05) is 47.6 Å². The van der Waals surface area contributed by atoms with Crippen LogP contribution in [-0.2, 0) is 24.2 Å². The van der Waals surface area contributed by atoms with Gasteiger partial charge in [-0.25, -0.2) is 4.98 Å². The molecule has 0 radical (unpaired) electrons. The lowest BCUT2D eigenvalue weighted by atomic mass is 10.1. The number of benzene rings is 2. The zero-order chi connectivity index (χ0) is 21.6. The first-order valence-electron chi connectivity index (χ1n) is 9.99. The van der Waals surface area contributed by atoms with E-state index >= 15 is 0 Å². The molecule has 6 nitrogen and oxygen atoms in total. The van der Waals surface area contributed by atoms with Crippen molar-refractivity contribution in [2.75, 3.05) is 5.32 Å². The second-order valence-electron chi connectivity index (χ2n) is 7.25. The Bertz CT molecular complexity index is 1130. The molecule has 4 aromatic rings. The molecule has 0 spiro atoms. The van der Waals surface area contributed by atoms with Gasteiger partial charge in [-0.05, 0) is 37.1 Å². The summed E-state index contributed by atoms with van der Waals surface area (Å²) < 4.78 is 11.0. The minimum Gasteiger partial charge on any atom is -0.489 e. The summed E-state index contributed by atoms with van der Waals surface area (Å²) in [5, 5.41) is 7.44. The number of carbonyl (C=O) groups excluding carboxylic acids is 1. The van der Waals surface area contributed by atoms with Gasteiger partial charge in [0.25, 0.3) is 0 Å².